The van der Waals surface area contributed by atoms with Gasteiger partial charge in [-0.25, -0.2) is 0 Å². The number of benzene rings is 3. The van der Waals surface area contributed by atoms with Gasteiger partial charge in [0.1, 0.15) is 6.04 Å². The van der Waals surface area contributed by atoms with Crippen molar-refractivity contribution in [2.24, 2.45) is 0 Å². The van der Waals surface area contributed by atoms with Gasteiger partial charge in [0.15, 0.2) is 0 Å². The van der Waals surface area contributed by atoms with Crippen molar-refractivity contribution in [3.05, 3.63) is 83.7 Å². The van der Waals surface area contributed by atoms with E-state index in [0.29, 0.717) is 18.3 Å². The Bertz CT molecular complexity index is 1190. The molecule has 0 N–H and O–H groups in total. The monoisotopic (exact) mass is 397 g/mol. The van der Waals surface area contributed by atoms with Gasteiger partial charge in [-0.1, -0.05) is 71.4 Å². The molecule has 1 atom stereocenters. The van der Waals surface area contributed by atoms with E-state index in [2.05, 4.69) is 10.1 Å². The lowest BCUT2D eigenvalue weighted by molar-refractivity contribution is 0.0563. The summed E-state index contributed by atoms with van der Waals surface area (Å²) in [4.78, 5) is 20.1. The molecule has 5 rings (SSSR count). The van der Waals surface area contributed by atoms with E-state index in [1.54, 1.807) is 0 Å². The molecule has 4 aromatic rings. The van der Waals surface area contributed by atoms with Crippen molar-refractivity contribution in [3.8, 4) is 11.4 Å². The summed E-state index contributed by atoms with van der Waals surface area (Å²) in [6, 6.07) is 21.7. The summed E-state index contributed by atoms with van der Waals surface area (Å²) in [6.45, 7) is 2.74. The molecule has 1 aliphatic rings. The van der Waals surface area contributed by atoms with Crippen LogP contribution in [0.2, 0.25) is 0 Å². The fraction of sp³-hybridized carbons (Fsp3) is 0.240. The SMILES string of the molecule is Cc1ccc(-c2noc(C3CCCCN3C(=O)c3cccc4ccccc34)n2)cc1. The molecule has 1 aliphatic heterocycles. The second kappa shape index (κ2) is 7.75. The quantitative estimate of drug-likeness (QED) is 0.454. The fourth-order valence-corrected chi connectivity index (χ4v) is 4.19. The number of fused-ring (bicyclic) bond motifs is 1. The molecule has 1 amide bonds. The minimum absolute atomic E-state index is 0.0200. The van der Waals surface area contributed by atoms with Crippen molar-refractivity contribution >= 4 is 16.7 Å². The van der Waals surface area contributed by atoms with E-state index in [0.717, 1.165) is 41.2 Å². The zero-order valence-electron chi connectivity index (χ0n) is 16.9. The molecular weight excluding hydrogens is 374 g/mol. The number of piperidine rings is 1. The molecule has 0 radical (unpaired) electrons. The van der Waals surface area contributed by atoms with Crippen LogP contribution in [0, 0.1) is 6.92 Å². The summed E-state index contributed by atoms with van der Waals surface area (Å²) in [7, 11) is 0. The lowest BCUT2D eigenvalue weighted by atomic mass is 9.98. The Balaban J connectivity index is 1.48. The summed E-state index contributed by atoms with van der Waals surface area (Å²) in [5, 5.41) is 6.22. The Morgan fingerprint density at radius 3 is 2.67 bits per heavy atom. The van der Waals surface area contributed by atoms with E-state index in [-0.39, 0.29) is 11.9 Å². The van der Waals surface area contributed by atoms with Crippen LogP contribution in [-0.2, 0) is 0 Å². The third kappa shape index (κ3) is 3.36. The Hall–Kier alpha value is -3.47. The van der Waals surface area contributed by atoms with E-state index < -0.39 is 0 Å². The van der Waals surface area contributed by atoms with Gasteiger partial charge < -0.3 is 9.42 Å². The standard InChI is InChI=1S/C25H23N3O2/c1-17-12-14-19(15-13-17)23-26-24(30-27-23)22-11-4-5-16-28(22)25(29)21-10-6-8-18-7-2-3-9-20(18)21/h2-3,6-10,12-15,22H,4-5,11,16H2,1H3. The van der Waals surface area contributed by atoms with Gasteiger partial charge in [0.2, 0.25) is 11.7 Å². The number of carbonyl (C=O) groups excluding carboxylic acids is 1. The highest BCUT2D eigenvalue weighted by Crippen LogP contribution is 2.33. The summed E-state index contributed by atoms with van der Waals surface area (Å²) in [5.41, 5.74) is 2.82. The minimum atomic E-state index is -0.197. The summed E-state index contributed by atoms with van der Waals surface area (Å²) >= 11 is 0. The molecule has 0 saturated carbocycles. The summed E-state index contributed by atoms with van der Waals surface area (Å²) in [6.07, 6.45) is 2.84. The second-order valence-corrected chi connectivity index (χ2v) is 7.86. The first-order valence-corrected chi connectivity index (χ1v) is 10.4. The lowest BCUT2D eigenvalue weighted by Crippen LogP contribution is -2.38. The van der Waals surface area contributed by atoms with Crippen molar-refractivity contribution in [3.63, 3.8) is 0 Å². The molecule has 5 nitrogen and oxygen atoms in total. The third-order valence-corrected chi connectivity index (χ3v) is 5.82. The van der Waals surface area contributed by atoms with Crippen LogP contribution >= 0.6 is 0 Å². The molecule has 1 fully saturated rings. The molecule has 0 bridgehead atoms. The Labute approximate surface area is 175 Å². The van der Waals surface area contributed by atoms with Crippen LogP contribution in [0.15, 0.2) is 71.3 Å². The maximum absolute atomic E-state index is 13.5. The predicted molar refractivity (Wildman–Crippen MR) is 116 cm³/mol. The first kappa shape index (κ1) is 18.6. The van der Waals surface area contributed by atoms with Crippen LogP contribution in [0.1, 0.15) is 47.1 Å². The molecular formula is C25H23N3O2. The van der Waals surface area contributed by atoms with E-state index in [9.17, 15) is 4.79 Å². The number of hydrogen-bond donors (Lipinski definition) is 0. The molecule has 30 heavy (non-hydrogen) atoms. The highest BCUT2D eigenvalue weighted by Gasteiger charge is 2.33. The van der Waals surface area contributed by atoms with E-state index in [1.807, 2.05) is 78.6 Å². The number of amides is 1. The van der Waals surface area contributed by atoms with E-state index >= 15 is 0 Å². The number of hydrogen-bond acceptors (Lipinski definition) is 4. The van der Waals surface area contributed by atoms with Gasteiger partial charge >= 0.3 is 0 Å². The Morgan fingerprint density at radius 2 is 1.80 bits per heavy atom. The van der Waals surface area contributed by atoms with Crippen LogP contribution in [0.25, 0.3) is 22.2 Å². The molecule has 150 valence electrons. The van der Waals surface area contributed by atoms with E-state index in [4.69, 9.17) is 4.52 Å². The largest absolute Gasteiger partial charge is 0.337 e. The Kier molecular flexibility index (Phi) is 4.79. The van der Waals surface area contributed by atoms with E-state index in [1.165, 1.54) is 5.56 Å². The molecule has 1 unspecified atom stereocenters. The molecule has 3 aromatic carbocycles. The first-order chi connectivity index (χ1) is 14.7. The number of likely N-dealkylation sites (tertiary alicyclic amines) is 1. The van der Waals surface area contributed by atoms with Crippen LogP contribution in [0.3, 0.4) is 0 Å². The van der Waals surface area contributed by atoms with Gasteiger partial charge in [-0.3, -0.25) is 4.79 Å². The maximum Gasteiger partial charge on any atom is 0.255 e. The molecule has 0 spiro atoms. The van der Waals surface area contributed by atoms with Crippen molar-refractivity contribution in [1.82, 2.24) is 15.0 Å². The van der Waals surface area contributed by atoms with Crippen LogP contribution in [0.5, 0.6) is 0 Å². The lowest BCUT2D eigenvalue weighted by Gasteiger charge is -2.33. The number of rotatable bonds is 3. The predicted octanol–water partition coefficient (Wildman–Crippen LogP) is 5.57. The average Bonchev–Trinajstić information content (AvgIpc) is 3.29. The van der Waals surface area contributed by atoms with Gasteiger partial charge in [0.25, 0.3) is 5.91 Å². The highest BCUT2D eigenvalue weighted by molar-refractivity contribution is 6.07. The number of nitrogens with zero attached hydrogens (tertiary/aromatic N) is 3. The van der Waals surface area contributed by atoms with Crippen molar-refractivity contribution in [2.45, 2.75) is 32.2 Å². The van der Waals surface area contributed by atoms with Gasteiger partial charge in [0.05, 0.1) is 0 Å². The van der Waals surface area contributed by atoms with Crippen molar-refractivity contribution in [1.29, 1.82) is 0 Å². The normalized spacial score (nSPS) is 16.7. The molecule has 1 aromatic heterocycles. The number of aryl methyl sites for hydroxylation is 1. The van der Waals surface area contributed by atoms with Crippen molar-refractivity contribution in [2.75, 3.05) is 6.54 Å². The highest BCUT2D eigenvalue weighted by atomic mass is 16.5. The molecule has 1 saturated heterocycles. The Morgan fingerprint density at radius 1 is 1.00 bits per heavy atom. The zero-order chi connectivity index (χ0) is 20.5. The van der Waals surface area contributed by atoms with Gasteiger partial charge in [0, 0.05) is 17.7 Å². The van der Waals surface area contributed by atoms with Gasteiger partial charge in [-0.2, -0.15) is 4.98 Å². The van der Waals surface area contributed by atoms with Crippen molar-refractivity contribution < 1.29 is 9.32 Å². The first-order valence-electron chi connectivity index (χ1n) is 10.4. The van der Waals surface area contributed by atoms with Crippen LogP contribution < -0.4 is 0 Å². The smallest absolute Gasteiger partial charge is 0.255 e. The molecule has 2 heterocycles. The summed E-state index contributed by atoms with van der Waals surface area (Å²) in [5.74, 6) is 1.10. The number of aromatic nitrogens is 2. The summed E-state index contributed by atoms with van der Waals surface area (Å²) < 4.78 is 5.64. The minimum Gasteiger partial charge on any atom is -0.337 e. The van der Waals surface area contributed by atoms with Crippen LogP contribution in [-0.4, -0.2) is 27.5 Å². The van der Waals surface area contributed by atoms with Gasteiger partial charge in [-0.15, -0.1) is 0 Å². The topological polar surface area (TPSA) is 59.2 Å². The zero-order valence-corrected chi connectivity index (χ0v) is 16.9. The molecule has 5 heteroatoms. The third-order valence-electron chi connectivity index (χ3n) is 5.82. The molecule has 0 aliphatic carbocycles. The maximum atomic E-state index is 13.5. The number of carbonyl (C=O) groups is 1. The second-order valence-electron chi connectivity index (χ2n) is 7.86. The fourth-order valence-electron chi connectivity index (χ4n) is 4.19. The van der Waals surface area contributed by atoms with Crippen LogP contribution in [0.4, 0.5) is 0 Å². The van der Waals surface area contributed by atoms with Gasteiger partial charge in [-0.05, 0) is 43.0 Å². The average molecular weight is 397 g/mol.